The lowest BCUT2D eigenvalue weighted by atomic mass is 10.0. The summed E-state index contributed by atoms with van der Waals surface area (Å²) in [6.45, 7) is 6.60. The average molecular weight is 240 g/mol. The van der Waals surface area contributed by atoms with Crippen LogP contribution in [0.2, 0.25) is 0 Å². The molecule has 0 spiro atoms. The fraction of sp³-hybridized carbons (Fsp3) is 0.462. The molecule has 1 aromatic rings. The third kappa shape index (κ3) is 3.86. The number of carbonyl (C=O) groups excluding carboxylic acids is 1. The van der Waals surface area contributed by atoms with Crippen LogP contribution in [0.3, 0.4) is 0 Å². The standard InChI is InChI=1S/C13H18ClNO/c1-9(2)11-4-6-12(7-5-11)13(16)15-8-10(3)14/h4-7,9-10H,8H2,1-3H3,(H,15,16). The van der Waals surface area contributed by atoms with Crippen molar-refractivity contribution in [1.82, 2.24) is 5.32 Å². The molecule has 16 heavy (non-hydrogen) atoms. The van der Waals surface area contributed by atoms with Crippen LogP contribution in [0.4, 0.5) is 0 Å². The van der Waals surface area contributed by atoms with Gasteiger partial charge in [-0.25, -0.2) is 0 Å². The highest BCUT2D eigenvalue weighted by Crippen LogP contribution is 2.14. The number of nitrogens with one attached hydrogen (secondary N) is 1. The van der Waals surface area contributed by atoms with Gasteiger partial charge in [0.1, 0.15) is 0 Å². The molecule has 0 saturated heterocycles. The van der Waals surface area contributed by atoms with E-state index in [0.29, 0.717) is 18.0 Å². The third-order valence-electron chi connectivity index (χ3n) is 2.38. The van der Waals surface area contributed by atoms with Crippen molar-refractivity contribution in [3.63, 3.8) is 0 Å². The molecule has 0 aromatic heterocycles. The van der Waals surface area contributed by atoms with Gasteiger partial charge in [0.25, 0.3) is 5.91 Å². The van der Waals surface area contributed by atoms with E-state index < -0.39 is 0 Å². The summed E-state index contributed by atoms with van der Waals surface area (Å²) in [6, 6.07) is 7.68. The number of amides is 1. The van der Waals surface area contributed by atoms with Gasteiger partial charge in [-0.2, -0.15) is 0 Å². The van der Waals surface area contributed by atoms with Crippen molar-refractivity contribution >= 4 is 17.5 Å². The van der Waals surface area contributed by atoms with Crippen LogP contribution in [0, 0.1) is 0 Å². The Kier molecular flexibility index (Phi) is 4.81. The van der Waals surface area contributed by atoms with Gasteiger partial charge in [0.15, 0.2) is 0 Å². The van der Waals surface area contributed by atoms with Crippen LogP contribution in [-0.4, -0.2) is 17.8 Å². The molecule has 0 bridgehead atoms. The summed E-state index contributed by atoms with van der Waals surface area (Å²) in [6.07, 6.45) is 0. The highest BCUT2D eigenvalue weighted by atomic mass is 35.5. The minimum Gasteiger partial charge on any atom is -0.351 e. The third-order valence-corrected chi connectivity index (χ3v) is 2.54. The summed E-state index contributed by atoms with van der Waals surface area (Å²) < 4.78 is 0. The lowest BCUT2D eigenvalue weighted by molar-refractivity contribution is 0.0954. The molecule has 1 atom stereocenters. The van der Waals surface area contributed by atoms with Crippen LogP contribution in [0.1, 0.15) is 42.6 Å². The molecule has 0 radical (unpaired) electrons. The van der Waals surface area contributed by atoms with Gasteiger partial charge >= 0.3 is 0 Å². The molecular formula is C13H18ClNO. The second-order valence-corrected chi connectivity index (χ2v) is 5.01. The van der Waals surface area contributed by atoms with E-state index >= 15 is 0 Å². The number of rotatable bonds is 4. The first kappa shape index (κ1) is 13.0. The van der Waals surface area contributed by atoms with Crippen molar-refractivity contribution in [2.24, 2.45) is 0 Å². The van der Waals surface area contributed by atoms with E-state index in [2.05, 4.69) is 19.2 Å². The van der Waals surface area contributed by atoms with Gasteiger partial charge in [-0.3, -0.25) is 4.79 Å². The Labute approximate surface area is 102 Å². The summed E-state index contributed by atoms with van der Waals surface area (Å²) >= 11 is 5.76. The minimum absolute atomic E-state index is 0.0427. The van der Waals surface area contributed by atoms with E-state index in [4.69, 9.17) is 11.6 Å². The van der Waals surface area contributed by atoms with E-state index in [9.17, 15) is 4.79 Å². The highest BCUT2D eigenvalue weighted by molar-refractivity contribution is 6.20. The normalized spacial score (nSPS) is 12.6. The molecule has 1 amide bonds. The molecule has 0 fully saturated rings. The largest absolute Gasteiger partial charge is 0.351 e. The molecule has 1 N–H and O–H groups in total. The van der Waals surface area contributed by atoms with Gasteiger partial charge in [-0.15, -0.1) is 11.6 Å². The fourth-order valence-corrected chi connectivity index (χ4v) is 1.43. The summed E-state index contributed by atoms with van der Waals surface area (Å²) in [5.41, 5.74) is 1.92. The van der Waals surface area contributed by atoms with Crippen LogP contribution >= 0.6 is 11.6 Å². The van der Waals surface area contributed by atoms with Crippen LogP contribution in [0.25, 0.3) is 0 Å². The Morgan fingerprint density at radius 1 is 1.25 bits per heavy atom. The molecule has 0 aliphatic carbocycles. The Morgan fingerprint density at radius 2 is 1.81 bits per heavy atom. The van der Waals surface area contributed by atoms with E-state index in [0.717, 1.165) is 0 Å². The maximum Gasteiger partial charge on any atom is 0.251 e. The summed E-state index contributed by atoms with van der Waals surface area (Å²) in [7, 11) is 0. The molecule has 2 nitrogen and oxygen atoms in total. The highest BCUT2D eigenvalue weighted by Gasteiger charge is 2.06. The zero-order chi connectivity index (χ0) is 12.1. The van der Waals surface area contributed by atoms with Crippen LogP contribution in [-0.2, 0) is 0 Å². The molecule has 0 saturated carbocycles. The topological polar surface area (TPSA) is 29.1 Å². The van der Waals surface area contributed by atoms with E-state index in [-0.39, 0.29) is 11.3 Å². The van der Waals surface area contributed by atoms with Crippen LogP contribution in [0.5, 0.6) is 0 Å². The minimum atomic E-state index is -0.0668. The summed E-state index contributed by atoms with van der Waals surface area (Å²) in [5.74, 6) is 0.419. The number of alkyl halides is 1. The van der Waals surface area contributed by atoms with Gasteiger partial charge in [0, 0.05) is 17.5 Å². The molecule has 0 aliphatic rings. The van der Waals surface area contributed by atoms with Crippen LogP contribution in [0.15, 0.2) is 24.3 Å². The Balaban J connectivity index is 2.63. The lowest BCUT2D eigenvalue weighted by Gasteiger charge is -2.08. The molecule has 1 unspecified atom stereocenters. The molecule has 0 heterocycles. The van der Waals surface area contributed by atoms with Crippen molar-refractivity contribution in [3.05, 3.63) is 35.4 Å². The maximum absolute atomic E-state index is 11.7. The predicted molar refractivity (Wildman–Crippen MR) is 68.2 cm³/mol. The van der Waals surface area contributed by atoms with Gasteiger partial charge in [0.2, 0.25) is 0 Å². The van der Waals surface area contributed by atoms with E-state index in [1.165, 1.54) is 5.56 Å². The zero-order valence-corrected chi connectivity index (χ0v) is 10.7. The molecule has 88 valence electrons. The molecule has 0 aliphatic heterocycles. The molecule has 1 aromatic carbocycles. The monoisotopic (exact) mass is 239 g/mol. The van der Waals surface area contributed by atoms with E-state index in [1.807, 2.05) is 31.2 Å². The quantitative estimate of drug-likeness (QED) is 0.804. The van der Waals surface area contributed by atoms with Gasteiger partial charge in [-0.1, -0.05) is 26.0 Å². The Morgan fingerprint density at radius 3 is 2.25 bits per heavy atom. The molecular weight excluding hydrogens is 222 g/mol. The van der Waals surface area contributed by atoms with Crippen molar-refractivity contribution < 1.29 is 4.79 Å². The van der Waals surface area contributed by atoms with Crippen LogP contribution < -0.4 is 5.32 Å². The first-order valence-corrected chi connectivity index (χ1v) is 5.96. The Bertz CT molecular complexity index is 343. The number of hydrogen-bond donors (Lipinski definition) is 1. The maximum atomic E-state index is 11.7. The van der Waals surface area contributed by atoms with E-state index in [1.54, 1.807) is 0 Å². The molecule has 3 heteroatoms. The second-order valence-electron chi connectivity index (χ2n) is 4.27. The SMILES string of the molecule is CC(Cl)CNC(=O)c1ccc(C(C)C)cc1. The van der Waals surface area contributed by atoms with Gasteiger partial charge in [0.05, 0.1) is 0 Å². The number of carbonyl (C=O) groups is 1. The van der Waals surface area contributed by atoms with Gasteiger partial charge in [-0.05, 0) is 30.5 Å². The smallest absolute Gasteiger partial charge is 0.251 e. The fourth-order valence-electron chi connectivity index (χ4n) is 1.35. The summed E-state index contributed by atoms with van der Waals surface area (Å²) in [4.78, 5) is 11.7. The zero-order valence-electron chi connectivity index (χ0n) is 9.96. The van der Waals surface area contributed by atoms with Crippen molar-refractivity contribution in [1.29, 1.82) is 0 Å². The number of hydrogen-bond acceptors (Lipinski definition) is 1. The predicted octanol–water partition coefficient (Wildman–Crippen LogP) is 3.17. The molecule has 1 rings (SSSR count). The number of halogens is 1. The first-order chi connectivity index (χ1) is 7.50. The van der Waals surface area contributed by atoms with Crippen molar-refractivity contribution in [2.75, 3.05) is 6.54 Å². The van der Waals surface area contributed by atoms with Crippen molar-refractivity contribution in [3.8, 4) is 0 Å². The number of benzene rings is 1. The second kappa shape index (κ2) is 5.90. The first-order valence-electron chi connectivity index (χ1n) is 5.53. The summed E-state index contributed by atoms with van der Waals surface area (Å²) in [5, 5.41) is 2.73. The van der Waals surface area contributed by atoms with Gasteiger partial charge < -0.3 is 5.32 Å². The lowest BCUT2D eigenvalue weighted by Crippen LogP contribution is -2.28. The average Bonchev–Trinajstić information content (AvgIpc) is 2.26. The van der Waals surface area contributed by atoms with Crippen molar-refractivity contribution in [2.45, 2.75) is 32.1 Å². The Hall–Kier alpha value is -1.02.